The molecule has 0 aliphatic carbocycles. The largest absolute Gasteiger partial charge is 0.393 e. The van der Waals surface area contributed by atoms with Crippen LogP contribution in [-0.4, -0.2) is 53.4 Å². The van der Waals surface area contributed by atoms with Crippen LogP contribution in [0.1, 0.15) is 39.0 Å². The summed E-state index contributed by atoms with van der Waals surface area (Å²) in [5.74, 6) is 0.188. The molecule has 4 nitrogen and oxygen atoms in total. The molecule has 1 unspecified atom stereocenters. The predicted octanol–water partition coefficient (Wildman–Crippen LogP) is 1.39. The Labute approximate surface area is 115 Å². The first kappa shape index (κ1) is 15.4. The van der Waals surface area contributed by atoms with E-state index >= 15 is 0 Å². The summed E-state index contributed by atoms with van der Waals surface area (Å²) < 4.78 is 0. The number of likely N-dealkylation sites (tertiary alicyclic amines) is 1. The zero-order valence-electron chi connectivity index (χ0n) is 11.5. The Morgan fingerprint density at radius 3 is 2.83 bits per heavy atom. The molecule has 0 aromatic rings. The molecule has 1 fully saturated rings. The summed E-state index contributed by atoms with van der Waals surface area (Å²) in [6.07, 6.45) is 4.95. The maximum Gasteiger partial charge on any atom is 0.223 e. The van der Waals surface area contributed by atoms with Gasteiger partial charge in [0.15, 0.2) is 0 Å². The molecule has 0 radical (unpaired) electrons. The van der Waals surface area contributed by atoms with Gasteiger partial charge in [0.1, 0.15) is 0 Å². The van der Waals surface area contributed by atoms with E-state index in [4.69, 9.17) is 18.0 Å². The van der Waals surface area contributed by atoms with Gasteiger partial charge in [-0.2, -0.15) is 0 Å². The minimum atomic E-state index is 0.188. The van der Waals surface area contributed by atoms with Crippen molar-refractivity contribution in [2.24, 2.45) is 5.73 Å². The van der Waals surface area contributed by atoms with Crippen LogP contribution in [0.5, 0.6) is 0 Å². The van der Waals surface area contributed by atoms with Crippen LogP contribution in [0, 0.1) is 0 Å². The van der Waals surface area contributed by atoms with E-state index in [-0.39, 0.29) is 5.91 Å². The molecule has 1 heterocycles. The van der Waals surface area contributed by atoms with Crippen molar-refractivity contribution in [1.29, 1.82) is 0 Å². The number of carbonyl (C=O) groups is 1. The maximum atomic E-state index is 11.9. The quantitative estimate of drug-likeness (QED) is 0.711. The molecular weight excluding hydrogens is 246 g/mol. The second kappa shape index (κ2) is 7.69. The van der Waals surface area contributed by atoms with Gasteiger partial charge in [0.05, 0.1) is 4.99 Å². The Balaban J connectivity index is 2.25. The molecule has 1 saturated heterocycles. The smallest absolute Gasteiger partial charge is 0.223 e. The number of rotatable bonds is 7. The average molecular weight is 271 g/mol. The third-order valence-corrected chi connectivity index (χ3v) is 3.91. The van der Waals surface area contributed by atoms with Gasteiger partial charge < -0.3 is 10.6 Å². The molecule has 0 bridgehead atoms. The standard InChI is InChI=1S/C13H25N3OS/c1-3-11-5-4-8-16(11)10-7-13(17)15(2)9-6-12(14)18/h11H,3-10H2,1-2H3,(H2,14,18). The zero-order valence-corrected chi connectivity index (χ0v) is 12.3. The van der Waals surface area contributed by atoms with Gasteiger partial charge >= 0.3 is 0 Å². The third-order valence-electron chi connectivity index (χ3n) is 3.70. The normalized spacial score (nSPS) is 20.0. The van der Waals surface area contributed by atoms with Crippen molar-refractivity contribution in [2.45, 2.75) is 45.1 Å². The number of amides is 1. The highest BCUT2D eigenvalue weighted by Crippen LogP contribution is 2.19. The van der Waals surface area contributed by atoms with Crippen molar-refractivity contribution in [1.82, 2.24) is 9.80 Å². The lowest BCUT2D eigenvalue weighted by Crippen LogP contribution is -2.35. The monoisotopic (exact) mass is 271 g/mol. The van der Waals surface area contributed by atoms with E-state index in [1.54, 1.807) is 4.90 Å². The number of carbonyl (C=O) groups excluding carboxylic acids is 1. The Kier molecular flexibility index (Phi) is 6.57. The second-order valence-electron chi connectivity index (χ2n) is 5.02. The van der Waals surface area contributed by atoms with Gasteiger partial charge in [-0.3, -0.25) is 9.69 Å². The number of thiocarbonyl (C=S) groups is 1. The van der Waals surface area contributed by atoms with Gasteiger partial charge in [-0.1, -0.05) is 19.1 Å². The summed E-state index contributed by atoms with van der Waals surface area (Å²) in [7, 11) is 1.82. The topological polar surface area (TPSA) is 49.6 Å². The average Bonchev–Trinajstić information content (AvgIpc) is 2.80. The van der Waals surface area contributed by atoms with Gasteiger partial charge in [-0.25, -0.2) is 0 Å². The van der Waals surface area contributed by atoms with Gasteiger partial charge in [-0.05, 0) is 25.8 Å². The minimum absolute atomic E-state index is 0.188. The highest BCUT2D eigenvalue weighted by atomic mass is 32.1. The van der Waals surface area contributed by atoms with Crippen LogP contribution >= 0.6 is 12.2 Å². The van der Waals surface area contributed by atoms with E-state index in [0.717, 1.165) is 13.1 Å². The van der Waals surface area contributed by atoms with Gasteiger partial charge in [0.2, 0.25) is 5.91 Å². The van der Waals surface area contributed by atoms with Crippen molar-refractivity contribution in [3.8, 4) is 0 Å². The van der Waals surface area contributed by atoms with Crippen LogP contribution in [-0.2, 0) is 4.79 Å². The van der Waals surface area contributed by atoms with Crippen LogP contribution in [0.4, 0.5) is 0 Å². The third kappa shape index (κ3) is 4.90. The highest BCUT2D eigenvalue weighted by molar-refractivity contribution is 7.80. The molecule has 0 aromatic heterocycles. The van der Waals surface area contributed by atoms with Crippen LogP contribution < -0.4 is 5.73 Å². The fourth-order valence-corrected chi connectivity index (χ4v) is 2.58. The molecule has 5 heteroatoms. The van der Waals surface area contributed by atoms with Gasteiger partial charge in [-0.15, -0.1) is 0 Å². The number of nitrogens with two attached hydrogens (primary N) is 1. The van der Waals surface area contributed by atoms with Gasteiger partial charge in [0, 0.05) is 39.0 Å². The molecule has 2 N–H and O–H groups in total. The summed E-state index contributed by atoms with van der Waals surface area (Å²) in [5.41, 5.74) is 5.44. The molecule has 0 spiro atoms. The molecule has 18 heavy (non-hydrogen) atoms. The summed E-state index contributed by atoms with van der Waals surface area (Å²) >= 11 is 4.82. The molecule has 1 aliphatic heterocycles. The van der Waals surface area contributed by atoms with E-state index in [9.17, 15) is 4.79 Å². The highest BCUT2D eigenvalue weighted by Gasteiger charge is 2.23. The first-order valence-electron chi connectivity index (χ1n) is 6.81. The van der Waals surface area contributed by atoms with Crippen LogP contribution in [0.25, 0.3) is 0 Å². The van der Waals surface area contributed by atoms with E-state index in [1.807, 2.05) is 7.05 Å². The van der Waals surface area contributed by atoms with Crippen molar-refractivity contribution in [2.75, 3.05) is 26.7 Å². The number of hydrogen-bond donors (Lipinski definition) is 1. The van der Waals surface area contributed by atoms with Crippen LogP contribution in [0.2, 0.25) is 0 Å². The first-order valence-corrected chi connectivity index (χ1v) is 7.21. The van der Waals surface area contributed by atoms with Gasteiger partial charge in [0.25, 0.3) is 0 Å². The van der Waals surface area contributed by atoms with Crippen LogP contribution in [0.15, 0.2) is 0 Å². The van der Waals surface area contributed by atoms with Crippen molar-refractivity contribution < 1.29 is 4.79 Å². The summed E-state index contributed by atoms with van der Waals surface area (Å²) in [6, 6.07) is 0.680. The predicted molar refractivity (Wildman–Crippen MR) is 78.5 cm³/mol. The van der Waals surface area contributed by atoms with Crippen molar-refractivity contribution >= 4 is 23.1 Å². The number of nitrogens with zero attached hydrogens (tertiary/aromatic N) is 2. The molecule has 104 valence electrons. The lowest BCUT2D eigenvalue weighted by atomic mass is 10.1. The minimum Gasteiger partial charge on any atom is -0.393 e. The molecule has 1 amide bonds. The molecular formula is C13H25N3OS. The fraction of sp³-hybridized carbons (Fsp3) is 0.846. The lowest BCUT2D eigenvalue weighted by molar-refractivity contribution is -0.130. The van der Waals surface area contributed by atoms with E-state index < -0.39 is 0 Å². The number of hydrogen-bond acceptors (Lipinski definition) is 3. The molecule has 0 saturated carbocycles. The summed E-state index contributed by atoms with van der Waals surface area (Å²) in [6.45, 7) is 4.88. The molecule has 1 atom stereocenters. The Bertz CT molecular complexity index is 296. The Morgan fingerprint density at radius 1 is 1.50 bits per heavy atom. The molecule has 0 aromatic carbocycles. The first-order chi connectivity index (χ1) is 8.54. The Morgan fingerprint density at radius 2 is 2.22 bits per heavy atom. The van der Waals surface area contributed by atoms with E-state index in [2.05, 4.69) is 11.8 Å². The lowest BCUT2D eigenvalue weighted by Gasteiger charge is -2.24. The second-order valence-corrected chi connectivity index (χ2v) is 5.55. The summed E-state index contributed by atoms with van der Waals surface area (Å²) in [4.78, 5) is 16.6. The van der Waals surface area contributed by atoms with E-state index in [1.165, 1.54) is 19.3 Å². The summed E-state index contributed by atoms with van der Waals surface area (Å²) in [5, 5.41) is 0. The Hall–Kier alpha value is -0.680. The van der Waals surface area contributed by atoms with Crippen molar-refractivity contribution in [3.63, 3.8) is 0 Å². The fourth-order valence-electron chi connectivity index (χ4n) is 2.48. The van der Waals surface area contributed by atoms with Crippen LogP contribution in [0.3, 0.4) is 0 Å². The SMILES string of the molecule is CCC1CCCN1CCC(=O)N(C)CCC(N)=S. The molecule has 1 rings (SSSR count). The maximum absolute atomic E-state index is 11.9. The van der Waals surface area contributed by atoms with E-state index in [0.29, 0.717) is 30.4 Å². The zero-order chi connectivity index (χ0) is 13.5. The molecule has 1 aliphatic rings. The van der Waals surface area contributed by atoms with Crippen molar-refractivity contribution in [3.05, 3.63) is 0 Å².